The second kappa shape index (κ2) is 6.71. The van der Waals surface area contributed by atoms with Crippen molar-refractivity contribution in [1.82, 2.24) is 4.90 Å². The number of carbonyl (C=O) groups is 1. The molecule has 1 saturated carbocycles. The summed E-state index contributed by atoms with van der Waals surface area (Å²) in [5.41, 5.74) is 7.32. The monoisotopic (exact) mass is 260 g/mol. The van der Waals surface area contributed by atoms with Gasteiger partial charge in [-0.05, 0) is 37.7 Å². The molecule has 0 spiro atoms. The lowest BCUT2D eigenvalue weighted by Gasteiger charge is -2.25. The number of nitrogens with two attached hydrogens (primary N) is 1. The molecule has 1 unspecified atom stereocenters. The van der Waals surface area contributed by atoms with Crippen molar-refractivity contribution in [3.63, 3.8) is 0 Å². The molecule has 1 aromatic carbocycles. The molecule has 3 heteroatoms. The lowest BCUT2D eigenvalue weighted by molar-refractivity contribution is -0.133. The van der Waals surface area contributed by atoms with Gasteiger partial charge in [0.25, 0.3) is 0 Å². The van der Waals surface area contributed by atoms with Crippen molar-refractivity contribution in [2.24, 2.45) is 5.73 Å². The quantitative estimate of drug-likeness (QED) is 0.818. The van der Waals surface area contributed by atoms with Crippen molar-refractivity contribution in [3.8, 4) is 0 Å². The predicted molar refractivity (Wildman–Crippen MR) is 77.8 cm³/mol. The van der Waals surface area contributed by atoms with E-state index in [0.29, 0.717) is 6.04 Å². The van der Waals surface area contributed by atoms with Crippen LogP contribution in [0.5, 0.6) is 0 Å². The van der Waals surface area contributed by atoms with Crippen molar-refractivity contribution in [3.05, 3.63) is 35.9 Å². The Labute approximate surface area is 115 Å². The Kier molecular flexibility index (Phi) is 4.97. The fourth-order valence-electron chi connectivity index (χ4n) is 2.40. The minimum absolute atomic E-state index is 0.139. The van der Waals surface area contributed by atoms with Gasteiger partial charge >= 0.3 is 0 Å². The fourth-order valence-corrected chi connectivity index (χ4v) is 2.40. The molecule has 2 rings (SSSR count). The number of benzene rings is 1. The molecule has 19 heavy (non-hydrogen) atoms. The van der Waals surface area contributed by atoms with E-state index in [2.05, 4.69) is 19.1 Å². The highest BCUT2D eigenvalue weighted by molar-refractivity contribution is 5.82. The third-order valence-corrected chi connectivity index (χ3v) is 3.64. The number of hydrogen-bond donors (Lipinski definition) is 1. The molecule has 0 aliphatic heterocycles. The topological polar surface area (TPSA) is 46.3 Å². The lowest BCUT2D eigenvalue weighted by atomic mass is 10.0. The van der Waals surface area contributed by atoms with Crippen LogP contribution >= 0.6 is 0 Å². The van der Waals surface area contributed by atoms with Gasteiger partial charge in [-0.15, -0.1) is 0 Å². The normalized spacial score (nSPS) is 16.1. The smallest absolute Gasteiger partial charge is 0.239 e. The third kappa shape index (κ3) is 4.06. The summed E-state index contributed by atoms with van der Waals surface area (Å²) >= 11 is 0. The maximum atomic E-state index is 12.3. The standard InChI is InChI=1S/C16H24N2O/c1-2-12-18(14-9-10-14)16(19)15(17)11-8-13-6-4-3-5-7-13/h3-7,14-15H,2,8-12,17H2,1H3. The summed E-state index contributed by atoms with van der Waals surface area (Å²) < 4.78 is 0. The zero-order chi connectivity index (χ0) is 13.7. The van der Waals surface area contributed by atoms with E-state index in [4.69, 9.17) is 5.73 Å². The van der Waals surface area contributed by atoms with Crippen LogP contribution in [0.2, 0.25) is 0 Å². The Morgan fingerprint density at radius 1 is 1.37 bits per heavy atom. The third-order valence-electron chi connectivity index (χ3n) is 3.64. The van der Waals surface area contributed by atoms with Crippen LogP contribution in [0.25, 0.3) is 0 Å². The molecule has 0 radical (unpaired) electrons. The molecule has 3 nitrogen and oxygen atoms in total. The number of rotatable bonds is 7. The summed E-state index contributed by atoms with van der Waals surface area (Å²) in [5.74, 6) is 0.139. The van der Waals surface area contributed by atoms with Gasteiger partial charge in [-0.1, -0.05) is 37.3 Å². The van der Waals surface area contributed by atoms with Gasteiger partial charge in [-0.2, -0.15) is 0 Å². The predicted octanol–water partition coefficient (Wildman–Crippen LogP) is 2.35. The Bertz CT molecular complexity index is 400. The van der Waals surface area contributed by atoms with Gasteiger partial charge in [-0.3, -0.25) is 4.79 Å². The molecular formula is C16H24N2O. The molecule has 1 aliphatic carbocycles. The summed E-state index contributed by atoms with van der Waals surface area (Å²) in [6, 6.07) is 10.3. The van der Waals surface area contributed by atoms with Crippen molar-refractivity contribution in [2.45, 2.75) is 51.1 Å². The second-order valence-electron chi connectivity index (χ2n) is 5.39. The highest BCUT2D eigenvalue weighted by Crippen LogP contribution is 2.27. The second-order valence-corrected chi connectivity index (χ2v) is 5.39. The molecule has 104 valence electrons. The molecular weight excluding hydrogens is 236 g/mol. The maximum Gasteiger partial charge on any atom is 0.239 e. The van der Waals surface area contributed by atoms with Crippen molar-refractivity contribution < 1.29 is 4.79 Å². The number of carbonyl (C=O) groups excluding carboxylic acids is 1. The molecule has 1 fully saturated rings. The van der Waals surface area contributed by atoms with Crippen LogP contribution in [-0.2, 0) is 11.2 Å². The lowest BCUT2D eigenvalue weighted by Crippen LogP contribution is -2.45. The molecule has 0 bridgehead atoms. The first-order valence-electron chi connectivity index (χ1n) is 7.32. The van der Waals surface area contributed by atoms with Crippen LogP contribution in [0.1, 0.15) is 38.2 Å². The zero-order valence-corrected chi connectivity index (χ0v) is 11.7. The Balaban J connectivity index is 1.84. The molecule has 1 aliphatic rings. The molecule has 1 aromatic rings. The number of hydrogen-bond acceptors (Lipinski definition) is 2. The van der Waals surface area contributed by atoms with Gasteiger partial charge in [0, 0.05) is 12.6 Å². The number of amides is 1. The molecule has 1 amide bonds. The summed E-state index contributed by atoms with van der Waals surface area (Å²) in [4.78, 5) is 14.3. The molecule has 2 N–H and O–H groups in total. The van der Waals surface area contributed by atoms with Gasteiger partial charge in [0.15, 0.2) is 0 Å². The van der Waals surface area contributed by atoms with E-state index in [1.807, 2.05) is 23.1 Å². The Morgan fingerprint density at radius 3 is 2.63 bits per heavy atom. The van der Waals surface area contributed by atoms with E-state index < -0.39 is 0 Å². The van der Waals surface area contributed by atoms with Crippen LogP contribution in [0.4, 0.5) is 0 Å². The molecule has 1 atom stereocenters. The van der Waals surface area contributed by atoms with Gasteiger partial charge in [-0.25, -0.2) is 0 Å². The first-order valence-corrected chi connectivity index (χ1v) is 7.32. The first kappa shape index (κ1) is 14.1. The average Bonchev–Trinajstić information content (AvgIpc) is 3.27. The van der Waals surface area contributed by atoms with Crippen LogP contribution in [-0.4, -0.2) is 29.4 Å². The SMILES string of the molecule is CCCN(C(=O)C(N)CCc1ccccc1)C1CC1. The average molecular weight is 260 g/mol. The van der Waals surface area contributed by atoms with Crippen LogP contribution in [0.3, 0.4) is 0 Å². The van der Waals surface area contributed by atoms with Gasteiger partial charge < -0.3 is 10.6 Å². The van der Waals surface area contributed by atoms with Gasteiger partial charge in [0.05, 0.1) is 6.04 Å². The van der Waals surface area contributed by atoms with E-state index in [1.165, 1.54) is 5.56 Å². The largest absolute Gasteiger partial charge is 0.338 e. The van der Waals surface area contributed by atoms with E-state index >= 15 is 0 Å². The number of nitrogens with zero attached hydrogens (tertiary/aromatic N) is 1. The molecule has 0 heterocycles. The van der Waals surface area contributed by atoms with Crippen LogP contribution in [0, 0.1) is 0 Å². The van der Waals surface area contributed by atoms with E-state index in [1.54, 1.807) is 0 Å². The summed E-state index contributed by atoms with van der Waals surface area (Å²) in [7, 11) is 0. The molecule has 0 saturated heterocycles. The zero-order valence-electron chi connectivity index (χ0n) is 11.7. The number of aryl methyl sites for hydroxylation is 1. The Morgan fingerprint density at radius 2 is 2.05 bits per heavy atom. The van der Waals surface area contributed by atoms with E-state index in [0.717, 1.165) is 38.6 Å². The first-order chi connectivity index (χ1) is 9.22. The Hall–Kier alpha value is -1.35. The highest BCUT2D eigenvalue weighted by atomic mass is 16.2. The fraction of sp³-hybridized carbons (Fsp3) is 0.562. The molecule has 0 aromatic heterocycles. The van der Waals surface area contributed by atoms with Gasteiger partial charge in [0.1, 0.15) is 0 Å². The van der Waals surface area contributed by atoms with Crippen molar-refractivity contribution >= 4 is 5.91 Å². The van der Waals surface area contributed by atoms with E-state index in [9.17, 15) is 4.79 Å². The van der Waals surface area contributed by atoms with Crippen LogP contribution in [0.15, 0.2) is 30.3 Å². The summed E-state index contributed by atoms with van der Waals surface area (Å²) in [6.07, 6.45) is 4.91. The van der Waals surface area contributed by atoms with E-state index in [-0.39, 0.29) is 11.9 Å². The minimum Gasteiger partial charge on any atom is -0.338 e. The minimum atomic E-state index is -0.354. The maximum absolute atomic E-state index is 12.3. The van der Waals surface area contributed by atoms with Gasteiger partial charge in [0.2, 0.25) is 5.91 Å². The van der Waals surface area contributed by atoms with Crippen molar-refractivity contribution in [2.75, 3.05) is 6.54 Å². The highest BCUT2D eigenvalue weighted by Gasteiger charge is 2.33. The van der Waals surface area contributed by atoms with Crippen LogP contribution < -0.4 is 5.73 Å². The van der Waals surface area contributed by atoms with Crippen molar-refractivity contribution in [1.29, 1.82) is 0 Å². The summed E-state index contributed by atoms with van der Waals surface area (Å²) in [5, 5.41) is 0. The summed E-state index contributed by atoms with van der Waals surface area (Å²) in [6.45, 7) is 2.96.